The number of hydrogen-bond acceptors (Lipinski definition) is 8. The number of esters is 1. The highest BCUT2D eigenvalue weighted by Crippen LogP contribution is 2.30. The van der Waals surface area contributed by atoms with Gasteiger partial charge in [-0.15, -0.1) is 0 Å². The van der Waals surface area contributed by atoms with Crippen molar-refractivity contribution >= 4 is 45.0 Å². The molecule has 1 saturated heterocycles. The second-order valence-corrected chi connectivity index (χ2v) is 9.84. The van der Waals surface area contributed by atoms with E-state index < -0.39 is 40.5 Å². The summed E-state index contributed by atoms with van der Waals surface area (Å²) in [6.07, 6.45) is -1.23. The van der Waals surface area contributed by atoms with Crippen LogP contribution >= 0.6 is 11.6 Å². The van der Waals surface area contributed by atoms with Crippen molar-refractivity contribution in [1.29, 1.82) is 0 Å². The van der Waals surface area contributed by atoms with E-state index in [4.69, 9.17) is 21.1 Å². The molecule has 2 atom stereocenters. The second-order valence-electron chi connectivity index (χ2n) is 7.51. The highest BCUT2D eigenvalue weighted by atomic mass is 35.5. The normalized spacial score (nSPS) is 20.5. The zero-order chi connectivity index (χ0) is 23.8. The standard InChI is InChI=1S/C21H19ClN2O8S/c22-13-2-4-15(5-3-13)33(29,30)24-9-14(25)8-17(24)21(28)32-10-18(26)12-1-6-19-16(7-12)23-20(27)11-31-19/h1-7,14,17,25H,8-11H2,(H,23,27)/t14-,17-/m1/s1. The van der Waals surface area contributed by atoms with Gasteiger partial charge in [-0.25, -0.2) is 8.42 Å². The molecule has 12 heteroatoms. The minimum Gasteiger partial charge on any atom is -0.482 e. The number of aliphatic hydroxyl groups is 1. The van der Waals surface area contributed by atoms with Crippen molar-refractivity contribution in [1.82, 2.24) is 4.31 Å². The van der Waals surface area contributed by atoms with E-state index in [-0.39, 0.29) is 35.9 Å². The molecule has 2 aliphatic rings. The van der Waals surface area contributed by atoms with Crippen molar-refractivity contribution in [3.63, 3.8) is 0 Å². The summed E-state index contributed by atoms with van der Waals surface area (Å²) in [6, 6.07) is 8.49. The summed E-state index contributed by atoms with van der Waals surface area (Å²) in [7, 11) is -4.11. The number of anilines is 1. The number of aliphatic hydroxyl groups excluding tert-OH is 1. The van der Waals surface area contributed by atoms with Crippen LogP contribution in [0.15, 0.2) is 47.4 Å². The number of rotatable bonds is 6. The molecule has 0 bridgehead atoms. The lowest BCUT2D eigenvalue weighted by Crippen LogP contribution is -2.41. The minimum absolute atomic E-state index is 0.0896. The maximum atomic E-state index is 13.0. The monoisotopic (exact) mass is 494 g/mol. The number of ether oxygens (including phenoxy) is 2. The van der Waals surface area contributed by atoms with Gasteiger partial charge in [0, 0.05) is 23.6 Å². The highest BCUT2D eigenvalue weighted by molar-refractivity contribution is 7.89. The number of carbonyl (C=O) groups is 3. The first-order chi connectivity index (χ1) is 15.6. The lowest BCUT2D eigenvalue weighted by molar-refractivity contribution is -0.146. The minimum atomic E-state index is -4.11. The van der Waals surface area contributed by atoms with Crippen molar-refractivity contribution in [3.05, 3.63) is 53.1 Å². The molecule has 2 N–H and O–H groups in total. The maximum absolute atomic E-state index is 13.0. The number of Topliss-reactive ketones (excluding diaryl/α,β-unsaturated/α-hetero) is 1. The molecule has 0 radical (unpaired) electrons. The molecule has 1 fully saturated rings. The third-order valence-electron chi connectivity index (χ3n) is 5.21. The van der Waals surface area contributed by atoms with Crippen LogP contribution in [0.5, 0.6) is 5.75 Å². The zero-order valence-electron chi connectivity index (χ0n) is 17.1. The van der Waals surface area contributed by atoms with Crippen molar-refractivity contribution < 1.29 is 37.4 Å². The fourth-order valence-electron chi connectivity index (χ4n) is 3.58. The quantitative estimate of drug-likeness (QED) is 0.451. The summed E-state index contributed by atoms with van der Waals surface area (Å²) >= 11 is 5.81. The number of hydrogen-bond donors (Lipinski definition) is 2. The van der Waals surface area contributed by atoms with Crippen LogP contribution in [-0.4, -0.2) is 67.4 Å². The van der Waals surface area contributed by atoms with Gasteiger partial charge < -0.3 is 19.9 Å². The summed E-state index contributed by atoms with van der Waals surface area (Å²) in [5.41, 5.74) is 0.493. The van der Waals surface area contributed by atoms with E-state index in [1.165, 1.54) is 42.5 Å². The molecular weight excluding hydrogens is 476 g/mol. The van der Waals surface area contributed by atoms with E-state index in [0.29, 0.717) is 16.5 Å². The van der Waals surface area contributed by atoms with E-state index in [1.807, 2.05) is 0 Å². The maximum Gasteiger partial charge on any atom is 0.325 e. The number of nitrogens with zero attached hydrogens (tertiary/aromatic N) is 1. The number of β-amino-alcohol motifs (C(OH)–C–C–N with tert-alkyl or cyclic N) is 1. The molecule has 4 rings (SSSR count). The van der Waals surface area contributed by atoms with E-state index in [1.54, 1.807) is 0 Å². The fraction of sp³-hybridized carbons (Fsp3) is 0.286. The number of benzene rings is 2. The Morgan fingerprint density at radius 3 is 2.67 bits per heavy atom. The second kappa shape index (κ2) is 9.10. The van der Waals surface area contributed by atoms with Crippen molar-refractivity contribution in [2.75, 3.05) is 25.1 Å². The van der Waals surface area contributed by atoms with Crippen LogP contribution < -0.4 is 10.1 Å². The molecule has 2 aliphatic heterocycles. The Morgan fingerprint density at radius 1 is 1.21 bits per heavy atom. The highest BCUT2D eigenvalue weighted by Gasteiger charge is 2.44. The largest absolute Gasteiger partial charge is 0.482 e. The van der Waals surface area contributed by atoms with Crippen LogP contribution in [0.3, 0.4) is 0 Å². The van der Waals surface area contributed by atoms with Crippen molar-refractivity contribution in [2.24, 2.45) is 0 Å². The van der Waals surface area contributed by atoms with Gasteiger partial charge in [-0.05, 0) is 42.5 Å². The Balaban J connectivity index is 1.45. The number of carbonyl (C=O) groups excluding carboxylic acids is 3. The average Bonchev–Trinajstić information content (AvgIpc) is 3.19. The number of halogens is 1. The number of amides is 1. The van der Waals surface area contributed by atoms with Crippen molar-refractivity contribution in [3.8, 4) is 5.75 Å². The molecule has 1 amide bonds. The first kappa shape index (κ1) is 23.2. The Morgan fingerprint density at radius 2 is 1.94 bits per heavy atom. The summed E-state index contributed by atoms with van der Waals surface area (Å²) < 4.78 is 37.1. The SMILES string of the molecule is O=C1COc2ccc(C(=O)COC(=O)[C@H]3C[C@@H](O)CN3S(=O)(=O)c3ccc(Cl)cc3)cc2N1. The lowest BCUT2D eigenvalue weighted by Gasteiger charge is -2.22. The van der Waals surface area contributed by atoms with Gasteiger partial charge in [0.05, 0.1) is 16.7 Å². The average molecular weight is 495 g/mol. The summed E-state index contributed by atoms with van der Waals surface area (Å²) in [4.78, 5) is 36.5. The Hall–Kier alpha value is -2.99. The molecule has 0 unspecified atom stereocenters. The number of ketones is 1. The number of nitrogens with one attached hydrogen (secondary N) is 1. The molecular formula is C21H19ClN2O8S. The summed E-state index contributed by atoms with van der Waals surface area (Å²) in [6.45, 7) is -1.06. The fourth-order valence-corrected chi connectivity index (χ4v) is 5.33. The molecule has 174 valence electrons. The number of fused-ring (bicyclic) bond motifs is 1. The third-order valence-corrected chi connectivity index (χ3v) is 7.35. The summed E-state index contributed by atoms with van der Waals surface area (Å²) in [5, 5.41) is 12.9. The van der Waals surface area contributed by atoms with Gasteiger partial charge in [-0.1, -0.05) is 11.6 Å². The zero-order valence-corrected chi connectivity index (χ0v) is 18.6. The van der Waals surface area contributed by atoms with E-state index in [2.05, 4.69) is 5.32 Å². The van der Waals surface area contributed by atoms with Gasteiger partial charge in [-0.3, -0.25) is 14.4 Å². The summed E-state index contributed by atoms with van der Waals surface area (Å²) in [5.74, 6) is -1.46. The van der Waals surface area contributed by atoms with Crippen LogP contribution in [0.1, 0.15) is 16.8 Å². The van der Waals surface area contributed by atoms with Gasteiger partial charge in [0.25, 0.3) is 5.91 Å². The molecule has 2 aromatic carbocycles. The molecule has 0 spiro atoms. The Bertz CT molecular complexity index is 1220. The number of sulfonamides is 1. The van der Waals surface area contributed by atoms with Crippen LogP contribution in [0, 0.1) is 0 Å². The molecule has 0 aliphatic carbocycles. The molecule has 2 aromatic rings. The predicted octanol–water partition coefficient (Wildman–Crippen LogP) is 1.22. The molecule has 0 saturated carbocycles. The van der Waals surface area contributed by atoms with Crippen LogP contribution in [0.4, 0.5) is 5.69 Å². The molecule has 2 heterocycles. The van der Waals surface area contributed by atoms with Gasteiger partial charge in [-0.2, -0.15) is 4.31 Å². The van der Waals surface area contributed by atoms with Crippen LogP contribution in [-0.2, 0) is 24.3 Å². The predicted molar refractivity (Wildman–Crippen MR) is 116 cm³/mol. The van der Waals surface area contributed by atoms with Crippen LogP contribution in [0.2, 0.25) is 5.02 Å². The van der Waals surface area contributed by atoms with Gasteiger partial charge in [0.2, 0.25) is 10.0 Å². The van der Waals surface area contributed by atoms with Gasteiger partial charge in [0.1, 0.15) is 11.8 Å². The smallest absolute Gasteiger partial charge is 0.325 e. The Labute approximate surface area is 194 Å². The first-order valence-corrected chi connectivity index (χ1v) is 11.7. The topological polar surface area (TPSA) is 139 Å². The first-order valence-electron chi connectivity index (χ1n) is 9.87. The lowest BCUT2D eigenvalue weighted by atomic mass is 10.1. The van der Waals surface area contributed by atoms with E-state index in [0.717, 1.165) is 4.31 Å². The van der Waals surface area contributed by atoms with Gasteiger partial charge >= 0.3 is 5.97 Å². The van der Waals surface area contributed by atoms with Crippen LogP contribution in [0.25, 0.3) is 0 Å². The van der Waals surface area contributed by atoms with E-state index in [9.17, 15) is 27.9 Å². The molecule has 33 heavy (non-hydrogen) atoms. The van der Waals surface area contributed by atoms with Gasteiger partial charge in [0.15, 0.2) is 19.0 Å². The molecule has 0 aromatic heterocycles. The third kappa shape index (κ3) is 4.86. The molecule has 10 nitrogen and oxygen atoms in total. The Kier molecular flexibility index (Phi) is 6.39. The van der Waals surface area contributed by atoms with Crippen molar-refractivity contribution in [2.45, 2.75) is 23.5 Å². The van der Waals surface area contributed by atoms with E-state index >= 15 is 0 Å².